The maximum absolute atomic E-state index is 11.1. The molecule has 0 spiro atoms. The van der Waals surface area contributed by atoms with Crippen LogP contribution in [0.1, 0.15) is 37.2 Å². The van der Waals surface area contributed by atoms with Crippen LogP contribution in [0.2, 0.25) is 0 Å². The number of nitrogens with zero attached hydrogens (tertiary/aromatic N) is 1. The van der Waals surface area contributed by atoms with Gasteiger partial charge >= 0.3 is 5.97 Å². The molecular weight excluding hydrogens is 250 g/mol. The van der Waals surface area contributed by atoms with Crippen molar-refractivity contribution in [2.45, 2.75) is 37.6 Å². The number of carboxylic acids is 1. The van der Waals surface area contributed by atoms with Crippen molar-refractivity contribution in [1.29, 1.82) is 0 Å². The normalized spacial score (nSPS) is 22.6. The third kappa shape index (κ3) is 3.70. The van der Waals surface area contributed by atoms with Crippen LogP contribution < -0.4 is 0 Å². The molecule has 0 saturated heterocycles. The molecule has 2 rings (SSSR count). The molecule has 2 atom stereocenters. The first-order chi connectivity index (χ1) is 9.72. The van der Waals surface area contributed by atoms with Gasteiger partial charge in [-0.25, -0.2) is 0 Å². The average Bonchev–Trinajstić information content (AvgIpc) is 2.47. The van der Waals surface area contributed by atoms with Gasteiger partial charge in [0, 0.05) is 12.6 Å². The Morgan fingerprint density at radius 1 is 1.30 bits per heavy atom. The second kappa shape index (κ2) is 7.25. The summed E-state index contributed by atoms with van der Waals surface area (Å²) in [5.41, 5.74) is 1.33. The summed E-state index contributed by atoms with van der Waals surface area (Å²) in [7, 11) is 0. The molecular formula is C17H23NO2. The molecule has 0 heterocycles. The number of carbonyl (C=O) groups is 1. The molecule has 0 radical (unpaired) electrons. The van der Waals surface area contributed by atoms with Gasteiger partial charge in [0.1, 0.15) is 0 Å². The molecule has 0 aliphatic heterocycles. The highest BCUT2D eigenvalue weighted by Crippen LogP contribution is 2.36. The lowest BCUT2D eigenvalue weighted by molar-refractivity contribution is -0.139. The van der Waals surface area contributed by atoms with Gasteiger partial charge in [0.2, 0.25) is 0 Å². The van der Waals surface area contributed by atoms with Crippen molar-refractivity contribution in [3.63, 3.8) is 0 Å². The van der Waals surface area contributed by atoms with Crippen molar-refractivity contribution >= 4 is 5.97 Å². The Morgan fingerprint density at radius 2 is 2.00 bits per heavy atom. The summed E-state index contributed by atoms with van der Waals surface area (Å²) in [4.78, 5) is 13.2. The van der Waals surface area contributed by atoms with Crippen LogP contribution in [0.15, 0.2) is 43.0 Å². The second-order valence-corrected chi connectivity index (χ2v) is 5.48. The van der Waals surface area contributed by atoms with Crippen LogP contribution in [0.3, 0.4) is 0 Å². The number of carboxylic acid groups (broad SMARTS) is 1. The van der Waals surface area contributed by atoms with Crippen LogP contribution in [0, 0.1) is 0 Å². The molecule has 1 aliphatic rings. The number of rotatable bonds is 6. The molecule has 2 unspecified atom stereocenters. The molecule has 0 amide bonds. The number of benzene rings is 1. The molecule has 1 fully saturated rings. The van der Waals surface area contributed by atoms with E-state index in [4.69, 9.17) is 5.11 Å². The summed E-state index contributed by atoms with van der Waals surface area (Å²) >= 11 is 0. The van der Waals surface area contributed by atoms with E-state index in [-0.39, 0.29) is 6.54 Å². The van der Waals surface area contributed by atoms with E-state index in [1.54, 1.807) is 6.08 Å². The quantitative estimate of drug-likeness (QED) is 0.809. The van der Waals surface area contributed by atoms with Gasteiger partial charge in [-0.05, 0) is 24.3 Å². The zero-order valence-corrected chi connectivity index (χ0v) is 11.9. The van der Waals surface area contributed by atoms with Gasteiger partial charge in [0.05, 0.1) is 6.54 Å². The molecule has 108 valence electrons. The van der Waals surface area contributed by atoms with E-state index in [0.29, 0.717) is 18.5 Å². The number of aliphatic carboxylic acids is 1. The first-order valence-electron chi connectivity index (χ1n) is 7.34. The summed E-state index contributed by atoms with van der Waals surface area (Å²) in [6.07, 6.45) is 6.43. The minimum absolute atomic E-state index is 0.0972. The van der Waals surface area contributed by atoms with Crippen LogP contribution in [-0.4, -0.2) is 35.1 Å². The smallest absolute Gasteiger partial charge is 0.317 e. The van der Waals surface area contributed by atoms with E-state index in [0.717, 1.165) is 12.8 Å². The summed E-state index contributed by atoms with van der Waals surface area (Å²) in [5, 5.41) is 9.12. The van der Waals surface area contributed by atoms with E-state index in [1.807, 2.05) is 6.07 Å². The van der Waals surface area contributed by atoms with Crippen LogP contribution in [0.25, 0.3) is 0 Å². The van der Waals surface area contributed by atoms with Crippen LogP contribution in [0.5, 0.6) is 0 Å². The Kier molecular flexibility index (Phi) is 5.36. The molecule has 3 nitrogen and oxygen atoms in total. The zero-order chi connectivity index (χ0) is 14.4. The molecule has 0 aromatic heterocycles. The molecule has 1 aromatic carbocycles. The maximum atomic E-state index is 11.1. The minimum Gasteiger partial charge on any atom is -0.480 e. The fraction of sp³-hybridized carbons (Fsp3) is 0.471. The largest absolute Gasteiger partial charge is 0.480 e. The van der Waals surface area contributed by atoms with Crippen molar-refractivity contribution in [3.05, 3.63) is 48.6 Å². The predicted octanol–water partition coefficient (Wildman–Crippen LogP) is 3.29. The van der Waals surface area contributed by atoms with Crippen LogP contribution >= 0.6 is 0 Å². The summed E-state index contributed by atoms with van der Waals surface area (Å²) in [6.45, 7) is 4.50. The highest BCUT2D eigenvalue weighted by molar-refractivity contribution is 5.69. The van der Waals surface area contributed by atoms with Gasteiger partial charge in [-0.15, -0.1) is 6.58 Å². The van der Waals surface area contributed by atoms with Gasteiger partial charge in [-0.1, -0.05) is 49.2 Å². The number of hydrogen-bond acceptors (Lipinski definition) is 2. The zero-order valence-electron chi connectivity index (χ0n) is 11.9. The van der Waals surface area contributed by atoms with E-state index in [9.17, 15) is 4.79 Å². The first-order valence-corrected chi connectivity index (χ1v) is 7.34. The van der Waals surface area contributed by atoms with Gasteiger partial charge < -0.3 is 5.11 Å². The Hall–Kier alpha value is -1.61. The molecule has 1 aromatic rings. The summed E-state index contributed by atoms with van der Waals surface area (Å²) in [5.74, 6) is -0.325. The standard InChI is InChI=1S/C17H23NO2/c1-2-12-18(13-17(19)20)16-11-7-6-10-15(16)14-8-4-3-5-9-14/h2-5,8-9,15-16H,1,6-7,10-13H2,(H,19,20). The highest BCUT2D eigenvalue weighted by atomic mass is 16.4. The molecule has 0 bridgehead atoms. The highest BCUT2D eigenvalue weighted by Gasteiger charge is 2.31. The third-order valence-corrected chi connectivity index (χ3v) is 4.13. The molecule has 1 saturated carbocycles. The summed E-state index contributed by atoms with van der Waals surface area (Å²) < 4.78 is 0. The van der Waals surface area contributed by atoms with Crippen molar-refractivity contribution in [1.82, 2.24) is 4.90 Å². The fourth-order valence-corrected chi connectivity index (χ4v) is 3.29. The second-order valence-electron chi connectivity index (χ2n) is 5.48. The Morgan fingerprint density at radius 3 is 2.65 bits per heavy atom. The molecule has 1 N–H and O–H groups in total. The molecule has 1 aliphatic carbocycles. The van der Waals surface area contributed by atoms with Gasteiger partial charge in [-0.3, -0.25) is 9.69 Å². The Balaban J connectivity index is 2.20. The van der Waals surface area contributed by atoms with E-state index in [1.165, 1.54) is 18.4 Å². The van der Waals surface area contributed by atoms with Crippen LogP contribution in [0.4, 0.5) is 0 Å². The fourth-order valence-electron chi connectivity index (χ4n) is 3.29. The van der Waals surface area contributed by atoms with E-state index in [2.05, 4.69) is 35.7 Å². The van der Waals surface area contributed by atoms with Crippen molar-refractivity contribution in [2.75, 3.05) is 13.1 Å². The van der Waals surface area contributed by atoms with Crippen molar-refractivity contribution < 1.29 is 9.90 Å². The van der Waals surface area contributed by atoms with Crippen molar-refractivity contribution in [2.24, 2.45) is 0 Å². The first kappa shape index (κ1) is 14.8. The SMILES string of the molecule is C=CCN(CC(=O)O)C1CCCCC1c1ccccc1. The number of hydrogen-bond donors (Lipinski definition) is 1. The molecule has 20 heavy (non-hydrogen) atoms. The minimum atomic E-state index is -0.760. The Bertz CT molecular complexity index is 444. The van der Waals surface area contributed by atoms with Gasteiger partial charge in [-0.2, -0.15) is 0 Å². The average molecular weight is 273 g/mol. The lowest BCUT2D eigenvalue weighted by atomic mass is 9.79. The topological polar surface area (TPSA) is 40.5 Å². The molecule has 3 heteroatoms. The summed E-state index contributed by atoms with van der Waals surface area (Å²) in [6, 6.07) is 10.8. The van der Waals surface area contributed by atoms with Crippen LogP contribution in [-0.2, 0) is 4.79 Å². The monoisotopic (exact) mass is 273 g/mol. The van der Waals surface area contributed by atoms with E-state index >= 15 is 0 Å². The Labute approximate surface area is 120 Å². The maximum Gasteiger partial charge on any atom is 0.317 e. The van der Waals surface area contributed by atoms with Crippen molar-refractivity contribution in [3.8, 4) is 0 Å². The van der Waals surface area contributed by atoms with E-state index < -0.39 is 5.97 Å². The predicted molar refractivity (Wildman–Crippen MR) is 80.8 cm³/mol. The van der Waals surface area contributed by atoms with Gasteiger partial charge in [0.15, 0.2) is 0 Å². The lowest BCUT2D eigenvalue weighted by Crippen LogP contribution is -2.44. The van der Waals surface area contributed by atoms with Gasteiger partial charge in [0.25, 0.3) is 0 Å². The lowest BCUT2D eigenvalue weighted by Gasteiger charge is -2.39. The third-order valence-electron chi connectivity index (χ3n) is 4.13.